The van der Waals surface area contributed by atoms with Gasteiger partial charge in [0.1, 0.15) is 5.25 Å². The number of carbonyl (C=O) groups is 2. The van der Waals surface area contributed by atoms with Crippen molar-refractivity contribution in [2.24, 2.45) is 10.2 Å². The third-order valence-corrected chi connectivity index (χ3v) is 5.40. The molecule has 1 aliphatic heterocycles. The number of para-hydroxylation sites is 1. The van der Waals surface area contributed by atoms with Crippen LogP contribution in [0.1, 0.15) is 12.0 Å². The Morgan fingerprint density at radius 2 is 1.97 bits per heavy atom. The molecule has 7 nitrogen and oxygen atoms in total. The molecule has 1 atom stereocenters. The van der Waals surface area contributed by atoms with E-state index in [2.05, 4.69) is 26.6 Å². The van der Waals surface area contributed by atoms with Crippen molar-refractivity contribution in [2.45, 2.75) is 11.7 Å². The summed E-state index contributed by atoms with van der Waals surface area (Å²) in [5, 5.41) is 20.0. The smallest absolute Gasteiger partial charge is 0.305 e. The number of pyridine rings is 1. The first-order chi connectivity index (χ1) is 14.1. The molecule has 2 aromatic carbocycles. The SMILES string of the molecule is O=C(O)CC1SC(=NN=Cc2ccc(-c3cnc4ccccc4c3)cc2)NC1=O. The summed E-state index contributed by atoms with van der Waals surface area (Å²) < 4.78 is 0. The molecule has 1 fully saturated rings. The van der Waals surface area contributed by atoms with E-state index in [4.69, 9.17) is 5.11 Å². The van der Waals surface area contributed by atoms with Crippen molar-refractivity contribution in [3.63, 3.8) is 0 Å². The van der Waals surface area contributed by atoms with Crippen LogP contribution in [0.25, 0.3) is 22.0 Å². The largest absolute Gasteiger partial charge is 0.481 e. The summed E-state index contributed by atoms with van der Waals surface area (Å²) in [6.45, 7) is 0. The van der Waals surface area contributed by atoms with Gasteiger partial charge in [0.15, 0.2) is 5.17 Å². The molecule has 1 aliphatic rings. The molecule has 2 N–H and O–H groups in total. The van der Waals surface area contributed by atoms with Crippen LogP contribution in [0.5, 0.6) is 0 Å². The predicted molar refractivity (Wildman–Crippen MR) is 114 cm³/mol. The topological polar surface area (TPSA) is 104 Å². The van der Waals surface area contributed by atoms with Gasteiger partial charge in [-0.2, -0.15) is 5.10 Å². The van der Waals surface area contributed by atoms with Crippen molar-refractivity contribution in [1.29, 1.82) is 0 Å². The lowest BCUT2D eigenvalue weighted by Gasteiger charge is -2.04. The maximum Gasteiger partial charge on any atom is 0.305 e. The molecule has 0 bridgehead atoms. The molecule has 1 amide bonds. The summed E-state index contributed by atoms with van der Waals surface area (Å²) in [6.07, 6.45) is 3.18. The Bertz CT molecular complexity index is 1140. The Morgan fingerprint density at radius 3 is 2.76 bits per heavy atom. The number of carbonyl (C=O) groups excluding carboxylic acids is 1. The standard InChI is InChI=1S/C21H16N4O3S/c26-19(27)10-18-20(28)24-21(29-18)25-23-11-13-5-7-14(8-6-13)16-9-15-3-1-2-4-17(15)22-12-16/h1-9,11-12,18H,10H2,(H,26,27)(H,24,25,28). The summed E-state index contributed by atoms with van der Waals surface area (Å²) in [5.74, 6) is -1.39. The van der Waals surface area contributed by atoms with Crippen LogP contribution in [-0.4, -0.2) is 38.6 Å². The predicted octanol–water partition coefficient (Wildman–Crippen LogP) is 3.30. The first-order valence-electron chi connectivity index (χ1n) is 8.84. The Hall–Kier alpha value is -3.52. The molecule has 0 aliphatic carbocycles. The van der Waals surface area contributed by atoms with Crippen molar-refractivity contribution < 1.29 is 14.7 Å². The minimum atomic E-state index is -1.02. The fourth-order valence-electron chi connectivity index (χ4n) is 2.88. The number of aliphatic carboxylic acids is 1. The molecule has 0 saturated carbocycles. The maximum atomic E-state index is 11.7. The van der Waals surface area contributed by atoms with Gasteiger partial charge in [-0.1, -0.05) is 54.2 Å². The molecule has 4 rings (SSSR count). The highest BCUT2D eigenvalue weighted by Crippen LogP contribution is 2.23. The van der Waals surface area contributed by atoms with Crippen molar-refractivity contribution in [1.82, 2.24) is 10.3 Å². The Kier molecular flexibility index (Phi) is 5.35. The monoisotopic (exact) mass is 404 g/mol. The van der Waals surface area contributed by atoms with E-state index >= 15 is 0 Å². The third kappa shape index (κ3) is 4.49. The Balaban J connectivity index is 1.44. The van der Waals surface area contributed by atoms with Crippen LogP contribution in [0, 0.1) is 0 Å². The van der Waals surface area contributed by atoms with Crippen LogP contribution < -0.4 is 5.32 Å². The van der Waals surface area contributed by atoms with Crippen molar-refractivity contribution in [3.8, 4) is 11.1 Å². The molecule has 1 aromatic heterocycles. The van der Waals surface area contributed by atoms with Crippen LogP contribution in [-0.2, 0) is 9.59 Å². The second-order valence-corrected chi connectivity index (χ2v) is 7.57. The molecule has 2 heterocycles. The number of carboxylic acid groups (broad SMARTS) is 1. The molecule has 144 valence electrons. The number of fused-ring (bicyclic) bond motifs is 1. The number of amides is 1. The number of rotatable bonds is 5. The summed E-state index contributed by atoms with van der Waals surface area (Å²) in [4.78, 5) is 26.9. The molecule has 0 spiro atoms. The normalized spacial score (nSPS) is 17.9. The van der Waals surface area contributed by atoms with Gasteiger partial charge < -0.3 is 10.4 Å². The van der Waals surface area contributed by atoms with E-state index in [1.165, 1.54) is 0 Å². The first-order valence-corrected chi connectivity index (χ1v) is 9.72. The molecule has 1 saturated heterocycles. The average molecular weight is 404 g/mol. The zero-order valence-electron chi connectivity index (χ0n) is 15.1. The van der Waals surface area contributed by atoms with Gasteiger partial charge in [0.25, 0.3) is 0 Å². The van der Waals surface area contributed by atoms with Gasteiger partial charge in [0.2, 0.25) is 5.91 Å². The van der Waals surface area contributed by atoms with Crippen LogP contribution in [0.15, 0.2) is 71.0 Å². The highest BCUT2D eigenvalue weighted by molar-refractivity contribution is 8.15. The summed E-state index contributed by atoms with van der Waals surface area (Å²) in [6, 6.07) is 17.9. The fraction of sp³-hybridized carbons (Fsp3) is 0.0952. The Morgan fingerprint density at radius 1 is 1.17 bits per heavy atom. The number of hydrogen-bond acceptors (Lipinski definition) is 6. The second-order valence-electron chi connectivity index (χ2n) is 6.38. The number of amidine groups is 1. The summed E-state index contributed by atoms with van der Waals surface area (Å²) in [5.41, 5.74) is 3.88. The van der Waals surface area contributed by atoms with E-state index in [-0.39, 0.29) is 12.3 Å². The second kappa shape index (κ2) is 8.24. The zero-order valence-corrected chi connectivity index (χ0v) is 16.0. The van der Waals surface area contributed by atoms with Crippen molar-refractivity contribution in [2.75, 3.05) is 0 Å². The van der Waals surface area contributed by atoms with Crippen LogP contribution >= 0.6 is 11.8 Å². The van der Waals surface area contributed by atoms with Gasteiger partial charge in [0, 0.05) is 17.1 Å². The van der Waals surface area contributed by atoms with E-state index < -0.39 is 11.2 Å². The molecular weight excluding hydrogens is 388 g/mol. The van der Waals surface area contributed by atoms with Crippen LogP contribution in [0.4, 0.5) is 0 Å². The summed E-state index contributed by atoms with van der Waals surface area (Å²) in [7, 11) is 0. The van der Waals surface area contributed by atoms with Gasteiger partial charge in [-0.3, -0.25) is 14.6 Å². The van der Waals surface area contributed by atoms with E-state index in [1.54, 1.807) is 6.21 Å². The van der Waals surface area contributed by atoms with Gasteiger partial charge in [0.05, 0.1) is 18.2 Å². The van der Waals surface area contributed by atoms with Gasteiger partial charge >= 0.3 is 5.97 Å². The number of nitrogens with one attached hydrogen (secondary N) is 1. The van der Waals surface area contributed by atoms with Crippen molar-refractivity contribution in [3.05, 3.63) is 66.4 Å². The molecule has 1 unspecified atom stereocenters. The van der Waals surface area contributed by atoms with E-state index in [0.29, 0.717) is 5.17 Å². The number of aromatic nitrogens is 1. The maximum absolute atomic E-state index is 11.7. The number of nitrogens with zero attached hydrogens (tertiary/aromatic N) is 3. The first kappa shape index (κ1) is 18.8. The Labute approximate surface area is 170 Å². The minimum absolute atomic E-state index is 0.246. The third-order valence-electron chi connectivity index (χ3n) is 4.33. The summed E-state index contributed by atoms with van der Waals surface area (Å²) >= 11 is 1.07. The molecule has 8 heteroatoms. The lowest BCUT2D eigenvalue weighted by molar-refractivity contribution is -0.138. The highest BCUT2D eigenvalue weighted by atomic mass is 32.2. The van der Waals surface area contributed by atoms with E-state index in [1.807, 2.05) is 54.7 Å². The molecular formula is C21H16N4O3S. The molecule has 3 aromatic rings. The lowest BCUT2D eigenvalue weighted by atomic mass is 10.0. The van der Waals surface area contributed by atoms with Gasteiger partial charge in [-0.15, -0.1) is 5.10 Å². The van der Waals surface area contributed by atoms with Gasteiger partial charge in [-0.25, -0.2) is 0 Å². The highest BCUT2D eigenvalue weighted by Gasteiger charge is 2.32. The molecule has 0 radical (unpaired) electrons. The minimum Gasteiger partial charge on any atom is -0.481 e. The number of hydrogen-bond donors (Lipinski definition) is 2. The van der Waals surface area contributed by atoms with E-state index in [9.17, 15) is 9.59 Å². The lowest BCUT2D eigenvalue weighted by Crippen LogP contribution is -2.26. The molecule has 29 heavy (non-hydrogen) atoms. The van der Waals surface area contributed by atoms with Crippen LogP contribution in [0.3, 0.4) is 0 Å². The fourth-order valence-corrected chi connectivity index (χ4v) is 3.80. The zero-order chi connectivity index (χ0) is 20.2. The van der Waals surface area contributed by atoms with E-state index in [0.717, 1.165) is 39.4 Å². The number of thioether (sulfide) groups is 1. The number of carboxylic acids is 1. The van der Waals surface area contributed by atoms with Crippen LogP contribution in [0.2, 0.25) is 0 Å². The van der Waals surface area contributed by atoms with Crippen molar-refractivity contribution >= 4 is 45.9 Å². The van der Waals surface area contributed by atoms with Gasteiger partial charge in [-0.05, 0) is 23.3 Å². The average Bonchev–Trinajstić information content (AvgIpc) is 3.06. The quantitative estimate of drug-likeness (QED) is 0.502. The number of benzene rings is 2.